The van der Waals surface area contributed by atoms with E-state index < -0.39 is 0 Å². The van der Waals surface area contributed by atoms with Crippen LogP contribution in [0.2, 0.25) is 5.02 Å². The van der Waals surface area contributed by atoms with Crippen molar-refractivity contribution in [2.45, 2.75) is 20.5 Å². The average molecular weight is 427 g/mol. The number of ether oxygens (including phenoxy) is 1. The van der Waals surface area contributed by atoms with Gasteiger partial charge in [0.05, 0.1) is 21.8 Å². The highest BCUT2D eigenvalue weighted by atomic mass is 35.5. The zero-order valence-electron chi connectivity index (χ0n) is 17.0. The molecule has 0 bridgehead atoms. The fourth-order valence-electron chi connectivity index (χ4n) is 3.49. The Morgan fingerprint density at radius 2 is 1.90 bits per heavy atom. The third-order valence-electron chi connectivity index (χ3n) is 5.27. The van der Waals surface area contributed by atoms with E-state index in [0.29, 0.717) is 49.1 Å². The van der Waals surface area contributed by atoms with Gasteiger partial charge in [0.15, 0.2) is 0 Å². The largest absolute Gasteiger partial charge is 0.488 e. The minimum Gasteiger partial charge on any atom is -0.488 e. The molecular weight excluding hydrogens is 404 g/mol. The Morgan fingerprint density at radius 1 is 1.13 bits per heavy atom. The Morgan fingerprint density at radius 3 is 2.57 bits per heavy atom. The molecule has 2 aromatic heterocycles. The van der Waals surface area contributed by atoms with Crippen molar-refractivity contribution in [3.8, 4) is 5.75 Å². The van der Waals surface area contributed by atoms with Crippen molar-refractivity contribution in [1.29, 1.82) is 0 Å². The predicted molar refractivity (Wildman–Crippen MR) is 114 cm³/mol. The fraction of sp³-hybridized carbons (Fsp3) is 0.318. The van der Waals surface area contributed by atoms with Crippen molar-refractivity contribution in [3.63, 3.8) is 0 Å². The Balaban J connectivity index is 1.42. The highest BCUT2D eigenvalue weighted by Crippen LogP contribution is 2.24. The predicted octanol–water partition coefficient (Wildman–Crippen LogP) is 3.88. The molecule has 30 heavy (non-hydrogen) atoms. The molecule has 0 aliphatic carbocycles. The van der Waals surface area contributed by atoms with Crippen LogP contribution >= 0.6 is 11.6 Å². The summed E-state index contributed by atoms with van der Waals surface area (Å²) in [6, 6.07) is 11.1. The lowest BCUT2D eigenvalue weighted by Gasteiger charge is -2.35. The summed E-state index contributed by atoms with van der Waals surface area (Å²) in [6.07, 6.45) is 1.64. The van der Waals surface area contributed by atoms with E-state index in [1.807, 2.05) is 49.1 Å². The number of benzene rings is 1. The number of carbonyl (C=O) groups excluding carboxylic acids is 1. The fourth-order valence-corrected chi connectivity index (χ4v) is 3.60. The van der Waals surface area contributed by atoms with Crippen LogP contribution in [0.25, 0.3) is 0 Å². The summed E-state index contributed by atoms with van der Waals surface area (Å²) >= 11 is 5.92. The Hall–Kier alpha value is -3.06. The number of hydrogen-bond donors (Lipinski definition) is 0. The molecule has 0 radical (unpaired) electrons. The van der Waals surface area contributed by atoms with Crippen molar-refractivity contribution in [1.82, 2.24) is 15.0 Å². The second-order valence-electron chi connectivity index (χ2n) is 7.20. The second-order valence-corrected chi connectivity index (χ2v) is 7.64. The van der Waals surface area contributed by atoms with E-state index in [2.05, 4.69) is 15.0 Å². The SMILES string of the molecule is Cc1noc(C)c1COc1ccccc1C(=O)N1CCN(c2ccc(Cl)cn2)CC1. The summed E-state index contributed by atoms with van der Waals surface area (Å²) in [4.78, 5) is 21.5. The van der Waals surface area contributed by atoms with Crippen LogP contribution in [0.3, 0.4) is 0 Å². The summed E-state index contributed by atoms with van der Waals surface area (Å²) in [5.41, 5.74) is 2.26. The number of aryl methyl sites for hydroxylation is 2. The lowest BCUT2D eigenvalue weighted by molar-refractivity contribution is 0.0741. The number of anilines is 1. The quantitative estimate of drug-likeness (QED) is 0.616. The Kier molecular flexibility index (Phi) is 5.90. The molecule has 0 spiro atoms. The van der Waals surface area contributed by atoms with E-state index in [0.717, 1.165) is 22.8 Å². The number of hydrogen-bond acceptors (Lipinski definition) is 6. The summed E-state index contributed by atoms with van der Waals surface area (Å²) < 4.78 is 11.2. The number of rotatable bonds is 5. The molecule has 0 N–H and O–H groups in total. The Labute approximate surface area is 180 Å². The lowest BCUT2D eigenvalue weighted by Crippen LogP contribution is -2.49. The second kappa shape index (κ2) is 8.75. The molecule has 1 fully saturated rings. The van der Waals surface area contributed by atoms with Gasteiger partial charge in [-0.2, -0.15) is 0 Å². The van der Waals surface area contributed by atoms with Crippen LogP contribution < -0.4 is 9.64 Å². The van der Waals surface area contributed by atoms with Gasteiger partial charge in [-0.25, -0.2) is 4.98 Å². The summed E-state index contributed by atoms with van der Waals surface area (Å²) in [6.45, 7) is 6.68. The third kappa shape index (κ3) is 4.26. The molecule has 1 saturated heterocycles. The van der Waals surface area contributed by atoms with Gasteiger partial charge in [0.1, 0.15) is 23.9 Å². The maximum absolute atomic E-state index is 13.2. The van der Waals surface area contributed by atoms with Gasteiger partial charge in [0, 0.05) is 32.4 Å². The molecule has 3 heterocycles. The van der Waals surface area contributed by atoms with Crippen molar-refractivity contribution in [3.05, 3.63) is 70.2 Å². The molecule has 156 valence electrons. The zero-order valence-corrected chi connectivity index (χ0v) is 17.7. The number of piperazine rings is 1. The minimum atomic E-state index is -0.0342. The molecule has 0 unspecified atom stereocenters. The molecule has 1 aliphatic heterocycles. The average Bonchev–Trinajstić information content (AvgIpc) is 3.10. The lowest BCUT2D eigenvalue weighted by atomic mass is 10.1. The number of amides is 1. The van der Waals surface area contributed by atoms with E-state index in [-0.39, 0.29) is 5.91 Å². The Bertz CT molecular complexity index is 1010. The van der Waals surface area contributed by atoms with Gasteiger partial charge in [0.2, 0.25) is 0 Å². The molecule has 3 aromatic rings. The van der Waals surface area contributed by atoms with Crippen LogP contribution in [0.1, 0.15) is 27.4 Å². The number of aromatic nitrogens is 2. The molecule has 7 nitrogen and oxygen atoms in total. The van der Waals surface area contributed by atoms with Crippen molar-refractivity contribution in [2.24, 2.45) is 0 Å². The number of halogens is 1. The molecule has 4 rings (SSSR count). The van der Waals surface area contributed by atoms with Gasteiger partial charge in [-0.1, -0.05) is 28.9 Å². The molecule has 0 atom stereocenters. The molecule has 1 aliphatic rings. The van der Waals surface area contributed by atoms with E-state index in [9.17, 15) is 4.79 Å². The molecule has 8 heteroatoms. The highest BCUT2D eigenvalue weighted by Gasteiger charge is 2.25. The van der Waals surface area contributed by atoms with Crippen LogP contribution in [0.15, 0.2) is 47.1 Å². The standard InChI is InChI=1S/C22H23ClN4O3/c1-15-19(16(2)30-25-15)14-29-20-6-4-3-5-18(20)22(28)27-11-9-26(10-12-27)21-8-7-17(23)13-24-21/h3-8,13H,9-12,14H2,1-2H3. The van der Waals surface area contributed by atoms with Gasteiger partial charge in [0.25, 0.3) is 5.91 Å². The van der Waals surface area contributed by atoms with Gasteiger partial charge in [-0.3, -0.25) is 4.79 Å². The third-order valence-corrected chi connectivity index (χ3v) is 5.50. The summed E-state index contributed by atoms with van der Waals surface area (Å²) in [5.74, 6) is 2.12. The highest BCUT2D eigenvalue weighted by molar-refractivity contribution is 6.30. The number of nitrogens with zero attached hydrogens (tertiary/aromatic N) is 4. The number of para-hydroxylation sites is 1. The maximum Gasteiger partial charge on any atom is 0.257 e. The first-order valence-corrected chi connectivity index (χ1v) is 10.2. The first-order valence-electron chi connectivity index (χ1n) is 9.82. The van der Waals surface area contributed by atoms with E-state index in [1.165, 1.54) is 0 Å². The van der Waals surface area contributed by atoms with Crippen molar-refractivity contribution in [2.75, 3.05) is 31.1 Å². The molecular formula is C22H23ClN4O3. The summed E-state index contributed by atoms with van der Waals surface area (Å²) in [5, 5.41) is 4.56. The van der Waals surface area contributed by atoms with Crippen LogP contribution in [0, 0.1) is 13.8 Å². The first-order chi connectivity index (χ1) is 14.5. The van der Waals surface area contributed by atoms with Gasteiger partial charge in [-0.05, 0) is 38.1 Å². The number of carbonyl (C=O) groups is 1. The van der Waals surface area contributed by atoms with E-state index in [4.69, 9.17) is 20.9 Å². The summed E-state index contributed by atoms with van der Waals surface area (Å²) in [7, 11) is 0. The molecule has 0 saturated carbocycles. The van der Waals surface area contributed by atoms with E-state index >= 15 is 0 Å². The number of pyridine rings is 1. The van der Waals surface area contributed by atoms with Gasteiger partial charge < -0.3 is 19.1 Å². The van der Waals surface area contributed by atoms with Crippen LogP contribution in [0.5, 0.6) is 5.75 Å². The molecule has 1 aromatic carbocycles. The van der Waals surface area contributed by atoms with Gasteiger partial charge in [-0.15, -0.1) is 0 Å². The van der Waals surface area contributed by atoms with Crippen molar-refractivity contribution < 1.29 is 14.1 Å². The monoisotopic (exact) mass is 426 g/mol. The van der Waals surface area contributed by atoms with Crippen LogP contribution in [-0.4, -0.2) is 47.1 Å². The van der Waals surface area contributed by atoms with Crippen LogP contribution in [-0.2, 0) is 6.61 Å². The maximum atomic E-state index is 13.2. The minimum absolute atomic E-state index is 0.0342. The topological polar surface area (TPSA) is 71.7 Å². The van der Waals surface area contributed by atoms with Gasteiger partial charge >= 0.3 is 0 Å². The zero-order chi connectivity index (χ0) is 21.1. The van der Waals surface area contributed by atoms with Crippen molar-refractivity contribution >= 4 is 23.3 Å². The smallest absolute Gasteiger partial charge is 0.257 e. The normalized spacial score (nSPS) is 14.1. The van der Waals surface area contributed by atoms with Crippen LogP contribution in [0.4, 0.5) is 5.82 Å². The van der Waals surface area contributed by atoms with E-state index in [1.54, 1.807) is 12.3 Å². The molecule has 1 amide bonds. The first kappa shape index (κ1) is 20.2.